The van der Waals surface area contributed by atoms with E-state index >= 15 is 0 Å². The molecule has 1 N–H and O–H groups in total. The van der Waals surface area contributed by atoms with Crippen molar-refractivity contribution in [3.8, 4) is 0 Å². The lowest BCUT2D eigenvalue weighted by molar-refractivity contribution is 0.0986. The van der Waals surface area contributed by atoms with E-state index < -0.39 is 0 Å². The van der Waals surface area contributed by atoms with Crippen LogP contribution in [0.5, 0.6) is 0 Å². The first-order chi connectivity index (χ1) is 7.45. The SMILES string of the molecule is c1ccc2c(c1)COCC2c1c[nH]cn1. The van der Waals surface area contributed by atoms with E-state index in [-0.39, 0.29) is 5.92 Å². The van der Waals surface area contributed by atoms with Gasteiger partial charge in [0.25, 0.3) is 0 Å². The zero-order chi connectivity index (χ0) is 10.1. The van der Waals surface area contributed by atoms with Crippen molar-refractivity contribution in [2.45, 2.75) is 12.5 Å². The molecule has 2 aromatic rings. The molecule has 0 saturated carbocycles. The molecule has 3 rings (SSSR count). The van der Waals surface area contributed by atoms with Crippen LogP contribution in [0.2, 0.25) is 0 Å². The normalized spacial score (nSPS) is 19.9. The summed E-state index contributed by atoms with van der Waals surface area (Å²) in [4.78, 5) is 7.29. The van der Waals surface area contributed by atoms with E-state index in [9.17, 15) is 0 Å². The molecule has 3 heteroatoms. The van der Waals surface area contributed by atoms with Crippen molar-refractivity contribution >= 4 is 0 Å². The van der Waals surface area contributed by atoms with Crippen molar-refractivity contribution in [3.05, 3.63) is 53.6 Å². The maximum Gasteiger partial charge on any atom is 0.0923 e. The summed E-state index contributed by atoms with van der Waals surface area (Å²) in [5.74, 6) is 0.279. The van der Waals surface area contributed by atoms with E-state index in [1.54, 1.807) is 6.33 Å². The summed E-state index contributed by atoms with van der Waals surface area (Å²) >= 11 is 0. The summed E-state index contributed by atoms with van der Waals surface area (Å²) in [6, 6.07) is 8.41. The van der Waals surface area contributed by atoms with E-state index in [2.05, 4.69) is 34.2 Å². The molecule has 1 atom stereocenters. The Bertz CT molecular complexity index is 450. The molecule has 15 heavy (non-hydrogen) atoms. The van der Waals surface area contributed by atoms with Crippen LogP contribution >= 0.6 is 0 Å². The standard InChI is InChI=1S/C12H12N2O/c1-2-4-10-9(3-1)6-15-7-11(10)12-5-13-8-14-12/h1-5,8,11H,6-7H2,(H,13,14). The number of fused-ring (bicyclic) bond motifs is 1. The highest BCUT2D eigenvalue weighted by atomic mass is 16.5. The average Bonchev–Trinajstić information content (AvgIpc) is 2.82. The van der Waals surface area contributed by atoms with Crippen LogP contribution in [0.15, 0.2) is 36.8 Å². The molecular weight excluding hydrogens is 188 g/mol. The molecule has 76 valence electrons. The number of aromatic nitrogens is 2. The fourth-order valence-electron chi connectivity index (χ4n) is 2.09. The predicted molar refractivity (Wildman–Crippen MR) is 56.5 cm³/mol. The second kappa shape index (κ2) is 3.51. The molecule has 0 saturated heterocycles. The van der Waals surface area contributed by atoms with E-state index in [1.807, 2.05) is 6.20 Å². The average molecular weight is 200 g/mol. The lowest BCUT2D eigenvalue weighted by Gasteiger charge is -2.24. The van der Waals surface area contributed by atoms with Crippen LogP contribution in [-0.4, -0.2) is 16.6 Å². The number of rotatable bonds is 1. The number of hydrogen-bond acceptors (Lipinski definition) is 2. The Kier molecular flexibility index (Phi) is 2.03. The number of nitrogens with zero attached hydrogens (tertiary/aromatic N) is 1. The van der Waals surface area contributed by atoms with Crippen molar-refractivity contribution in [1.29, 1.82) is 0 Å². The topological polar surface area (TPSA) is 37.9 Å². The number of aromatic amines is 1. The third-order valence-electron chi connectivity index (χ3n) is 2.85. The number of ether oxygens (including phenoxy) is 1. The Morgan fingerprint density at radius 2 is 2.27 bits per heavy atom. The molecule has 0 spiro atoms. The van der Waals surface area contributed by atoms with Gasteiger partial charge < -0.3 is 9.72 Å². The van der Waals surface area contributed by atoms with E-state index in [0.717, 1.165) is 18.9 Å². The van der Waals surface area contributed by atoms with Gasteiger partial charge in [-0.3, -0.25) is 0 Å². The summed E-state index contributed by atoms with van der Waals surface area (Å²) in [6.07, 6.45) is 3.66. The largest absolute Gasteiger partial charge is 0.376 e. The fraction of sp³-hybridized carbons (Fsp3) is 0.250. The number of hydrogen-bond donors (Lipinski definition) is 1. The molecule has 1 aromatic heterocycles. The lowest BCUT2D eigenvalue weighted by atomic mass is 9.91. The highest BCUT2D eigenvalue weighted by molar-refractivity contribution is 5.36. The van der Waals surface area contributed by atoms with Crippen LogP contribution in [0.1, 0.15) is 22.7 Å². The molecule has 0 amide bonds. The van der Waals surface area contributed by atoms with Gasteiger partial charge in [0.15, 0.2) is 0 Å². The van der Waals surface area contributed by atoms with Gasteiger partial charge in [0.1, 0.15) is 0 Å². The Balaban J connectivity index is 2.06. The summed E-state index contributed by atoms with van der Waals surface area (Å²) in [6.45, 7) is 1.44. The molecule has 0 radical (unpaired) electrons. The van der Waals surface area contributed by atoms with Gasteiger partial charge in [-0.25, -0.2) is 4.98 Å². The van der Waals surface area contributed by atoms with Crippen LogP contribution in [-0.2, 0) is 11.3 Å². The second-order valence-corrected chi connectivity index (χ2v) is 3.76. The van der Waals surface area contributed by atoms with Gasteiger partial charge in [-0.15, -0.1) is 0 Å². The predicted octanol–water partition coefficient (Wildman–Crippen LogP) is 2.07. The molecule has 1 aromatic carbocycles. The quantitative estimate of drug-likeness (QED) is 0.765. The minimum absolute atomic E-state index is 0.279. The van der Waals surface area contributed by atoms with Crippen molar-refractivity contribution < 1.29 is 4.74 Å². The van der Waals surface area contributed by atoms with Crippen LogP contribution in [0, 0.1) is 0 Å². The van der Waals surface area contributed by atoms with Crippen molar-refractivity contribution in [2.24, 2.45) is 0 Å². The van der Waals surface area contributed by atoms with E-state index in [4.69, 9.17) is 4.74 Å². The molecule has 0 fully saturated rings. The monoisotopic (exact) mass is 200 g/mol. The van der Waals surface area contributed by atoms with Gasteiger partial charge in [0.05, 0.1) is 31.2 Å². The summed E-state index contributed by atoms with van der Waals surface area (Å²) in [7, 11) is 0. The maximum absolute atomic E-state index is 5.58. The maximum atomic E-state index is 5.58. The van der Waals surface area contributed by atoms with Crippen molar-refractivity contribution in [1.82, 2.24) is 9.97 Å². The smallest absolute Gasteiger partial charge is 0.0923 e. The van der Waals surface area contributed by atoms with E-state index in [0.29, 0.717) is 0 Å². The molecule has 1 unspecified atom stereocenters. The number of benzene rings is 1. The highest BCUT2D eigenvalue weighted by Crippen LogP contribution is 2.30. The first-order valence-corrected chi connectivity index (χ1v) is 5.09. The Morgan fingerprint density at radius 3 is 3.13 bits per heavy atom. The fourth-order valence-corrected chi connectivity index (χ4v) is 2.09. The second-order valence-electron chi connectivity index (χ2n) is 3.76. The third kappa shape index (κ3) is 1.45. The van der Waals surface area contributed by atoms with Gasteiger partial charge in [0.2, 0.25) is 0 Å². The van der Waals surface area contributed by atoms with Crippen LogP contribution < -0.4 is 0 Å². The van der Waals surface area contributed by atoms with Gasteiger partial charge in [-0.05, 0) is 11.1 Å². The van der Waals surface area contributed by atoms with Gasteiger partial charge in [-0.2, -0.15) is 0 Å². The molecule has 2 heterocycles. The van der Waals surface area contributed by atoms with Gasteiger partial charge >= 0.3 is 0 Å². The Hall–Kier alpha value is -1.61. The molecule has 3 nitrogen and oxygen atoms in total. The number of nitrogens with one attached hydrogen (secondary N) is 1. The summed E-state index contributed by atoms with van der Waals surface area (Å²) in [5, 5.41) is 0. The number of H-pyrrole nitrogens is 1. The Labute approximate surface area is 88.1 Å². The first-order valence-electron chi connectivity index (χ1n) is 5.09. The number of imidazole rings is 1. The molecule has 0 bridgehead atoms. The minimum Gasteiger partial charge on any atom is -0.376 e. The Morgan fingerprint density at radius 1 is 1.33 bits per heavy atom. The summed E-state index contributed by atoms with van der Waals surface area (Å²) < 4.78 is 5.58. The van der Waals surface area contributed by atoms with Crippen LogP contribution in [0.25, 0.3) is 0 Å². The van der Waals surface area contributed by atoms with Crippen molar-refractivity contribution in [2.75, 3.05) is 6.61 Å². The molecule has 0 aliphatic carbocycles. The molecular formula is C12H12N2O. The van der Waals surface area contributed by atoms with Gasteiger partial charge in [-0.1, -0.05) is 24.3 Å². The zero-order valence-corrected chi connectivity index (χ0v) is 8.31. The van der Waals surface area contributed by atoms with Gasteiger partial charge in [0, 0.05) is 6.20 Å². The first kappa shape index (κ1) is 8.68. The summed E-state index contributed by atoms with van der Waals surface area (Å²) in [5.41, 5.74) is 3.68. The molecule has 1 aliphatic rings. The van der Waals surface area contributed by atoms with Crippen molar-refractivity contribution in [3.63, 3.8) is 0 Å². The highest BCUT2D eigenvalue weighted by Gasteiger charge is 2.22. The minimum atomic E-state index is 0.279. The zero-order valence-electron chi connectivity index (χ0n) is 8.31. The molecule has 1 aliphatic heterocycles. The van der Waals surface area contributed by atoms with E-state index in [1.165, 1.54) is 11.1 Å². The van der Waals surface area contributed by atoms with Crippen LogP contribution in [0.4, 0.5) is 0 Å². The van der Waals surface area contributed by atoms with Crippen LogP contribution in [0.3, 0.4) is 0 Å². The third-order valence-corrected chi connectivity index (χ3v) is 2.85. The lowest BCUT2D eigenvalue weighted by Crippen LogP contribution is -2.17.